The van der Waals surface area contributed by atoms with Gasteiger partial charge >= 0.3 is 0 Å². The predicted molar refractivity (Wildman–Crippen MR) is 127 cm³/mol. The van der Waals surface area contributed by atoms with Gasteiger partial charge in [-0.05, 0) is 62.1 Å². The van der Waals surface area contributed by atoms with E-state index in [1.54, 1.807) is 0 Å². The molecule has 1 aliphatic heterocycles. The average Bonchev–Trinajstić information content (AvgIpc) is 3.40. The number of hydrogen-bond acceptors (Lipinski definition) is 4. The molecule has 0 radical (unpaired) electrons. The van der Waals surface area contributed by atoms with Crippen LogP contribution in [0.15, 0.2) is 79.1 Å². The van der Waals surface area contributed by atoms with E-state index >= 15 is 0 Å². The van der Waals surface area contributed by atoms with Crippen LogP contribution < -0.4 is 10.2 Å². The fourth-order valence-corrected chi connectivity index (χ4v) is 4.33. The van der Waals surface area contributed by atoms with E-state index < -0.39 is 0 Å². The lowest BCUT2D eigenvalue weighted by Gasteiger charge is -2.20. The number of aryl methyl sites for hydroxylation is 1. The molecular weight excluding hydrogens is 382 g/mol. The quantitative estimate of drug-likeness (QED) is 0.440. The molecule has 1 aliphatic rings. The monoisotopic (exact) mass is 409 g/mol. The molecule has 2 aromatic heterocycles. The van der Waals surface area contributed by atoms with Crippen LogP contribution in [0.25, 0.3) is 16.9 Å². The van der Waals surface area contributed by atoms with E-state index in [0.717, 1.165) is 35.7 Å². The van der Waals surface area contributed by atoms with Crippen molar-refractivity contribution in [1.29, 1.82) is 0 Å². The second-order valence-corrected chi connectivity index (χ2v) is 8.23. The second kappa shape index (κ2) is 7.91. The first-order valence-corrected chi connectivity index (χ1v) is 10.8. The van der Waals surface area contributed by atoms with Gasteiger partial charge in [-0.15, -0.1) is 5.10 Å². The average molecular weight is 410 g/mol. The number of allylic oxidation sites excluding steroid dienone is 1. The number of anilines is 2. The van der Waals surface area contributed by atoms with Gasteiger partial charge < -0.3 is 10.2 Å². The molecular formula is C26H27N5. The number of imidazole rings is 1. The highest BCUT2D eigenvalue weighted by molar-refractivity contribution is 5.71. The molecule has 5 heteroatoms. The van der Waals surface area contributed by atoms with Gasteiger partial charge in [0.2, 0.25) is 0 Å². The molecule has 5 rings (SSSR count). The van der Waals surface area contributed by atoms with Crippen molar-refractivity contribution >= 4 is 17.2 Å². The van der Waals surface area contributed by atoms with Gasteiger partial charge in [-0.2, -0.15) is 0 Å². The lowest BCUT2D eigenvalue weighted by Crippen LogP contribution is -2.15. The van der Waals surface area contributed by atoms with E-state index in [9.17, 15) is 0 Å². The Morgan fingerprint density at radius 1 is 1.06 bits per heavy atom. The van der Waals surface area contributed by atoms with Crippen LogP contribution in [-0.4, -0.2) is 21.1 Å². The summed E-state index contributed by atoms with van der Waals surface area (Å²) in [6.45, 7) is 9.54. The highest BCUT2D eigenvalue weighted by Gasteiger charge is 2.18. The first kappa shape index (κ1) is 19.4. The zero-order valence-electron chi connectivity index (χ0n) is 18.0. The molecule has 0 spiro atoms. The molecule has 31 heavy (non-hydrogen) atoms. The molecule has 2 aromatic carbocycles. The summed E-state index contributed by atoms with van der Waals surface area (Å²) in [6, 6.07) is 21.1. The van der Waals surface area contributed by atoms with Gasteiger partial charge in [0.1, 0.15) is 5.82 Å². The van der Waals surface area contributed by atoms with E-state index in [1.165, 1.54) is 28.9 Å². The van der Waals surface area contributed by atoms with Crippen molar-refractivity contribution in [3.63, 3.8) is 0 Å². The fourth-order valence-electron chi connectivity index (χ4n) is 4.33. The lowest BCUT2D eigenvalue weighted by atomic mass is 10.0. The van der Waals surface area contributed by atoms with Crippen LogP contribution in [0.2, 0.25) is 0 Å². The Bertz CT molecular complexity index is 1240. The van der Waals surface area contributed by atoms with Crippen molar-refractivity contribution in [3.05, 3.63) is 90.3 Å². The Balaban J connectivity index is 1.46. The molecule has 3 heterocycles. The van der Waals surface area contributed by atoms with Crippen molar-refractivity contribution in [3.8, 4) is 11.3 Å². The number of nitrogens with zero attached hydrogens (tertiary/aromatic N) is 4. The maximum atomic E-state index is 4.85. The zero-order chi connectivity index (χ0) is 21.4. The van der Waals surface area contributed by atoms with Crippen molar-refractivity contribution in [2.24, 2.45) is 0 Å². The third-order valence-corrected chi connectivity index (χ3v) is 6.05. The number of benzene rings is 2. The van der Waals surface area contributed by atoms with Crippen molar-refractivity contribution in [2.45, 2.75) is 32.7 Å². The Morgan fingerprint density at radius 2 is 1.90 bits per heavy atom. The summed E-state index contributed by atoms with van der Waals surface area (Å²) in [5, 5.41) is 8.36. The molecule has 1 unspecified atom stereocenters. The molecule has 1 saturated heterocycles. The third-order valence-electron chi connectivity index (χ3n) is 6.05. The van der Waals surface area contributed by atoms with E-state index in [4.69, 9.17) is 5.10 Å². The summed E-state index contributed by atoms with van der Waals surface area (Å²) >= 11 is 0. The van der Waals surface area contributed by atoms with Gasteiger partial charge in [-0.25, -0.2) is 9.50 Å². The van der Waals surface area contributed by atoms with Crippen LogP contribution in [0, 0.1) is 6.92 Å². The largest absolute Gasteiger partial charge is 0.362 e. The highest BCUT2D eigenvalue weighted by atomic mass is 15.3. The van der Waals surface area contributed by atoms with Gasteiger partial charge in [-0.1, -0.05) is 43.0 Å². The summed E-state index contributed by atoms with van der Waals surface area (Å²) in [5.41, 5.74) is 7.82. The van der Waals surface area contributed by atoms with Gasteiger partial charge in [0.25, 0.3) is 0 Å². The number of hydrogen-bond donors (Lipinski definition) is 1. The zero-order valence-corrected chi connectivity index (χ0v) is 18.0. The summed E-state index contributed by atoms with van der Waals surface area (Å²) < 4.78 is 1.93. The summed E-state index contributed by atoms with van der Waals surface area (Å²) in [5.74, 6) is 0.825. The van der Waals surface area contributed by atoms with Gasteiger partial charge in [0, 0.05) is 29.5 Å². The minimum Gasteiger partial charge on any atom is -0.362 e. The molecule has 0 saturated carbocycles. The van der Waals surface area contributed by atoms with Crippen molar-refractivity contribution in [1.82, 2.24) is 14.6 Å². The van der Waals surface area contributed by atoms with Crippen LogP contribution >= 0.6 is 0 Å². The number of fused-ring (bicyclic) bond motifs is 1. The maximum absolute atomic E-state index is 4.85. The third kappa shape index (κ3) is 3.67. The van der Waals surface area contributed by atoms with E-state index in [0.29, 0.717) is 0 Å². The van der Waals surface area contributed by atoms with Gasteiger partial charge in [-0.3, -0.25) is 0 Å². The lowest BCUT2D eigenvalue weighted by molar-refractivity contribution is 0.848. The molecule has 1 N–H and O–H groups in total. The Hall–Kier alpha value is -3.60. The molecule has 5 nitrogen and oxygen atoms in total. The first-order valence-electron chi connectivity index (χ1n) is 10.8. The molecule has 0 amide bonds. The molecule has 4 aromatic rings. The van der Waals surface area contributed by atoms with Crippen LogP contribution in [0.3, 0.4) is 0 Å². The maximum Gasteiger partial charge on any atom is 0.154 e. The van der Waals surface area contributed by atoms with E-state index in [-0.39, 0.29) is 6.04 Å². The van der Waals surface area contributed by atoms with Crippen LogP contribution in [0.4, 0.5) is 11.5 Å². The van der Waals surface area contributed by atoms with Crippen molar-refractivity contribution < 1.29 is 0 Å². The van der Waals surface area contributed by atoms with Gasteiger partial charge in [0.15, 0.2) is 5.65 Å². The first-order chi connectivity index (χ1) is 15.1. The van der Waals surface area contributed by atoms with Crippen LogP contribution in [-0.2, 0) is 0 Å². The van der Waals surface area contributed by atoms with Crippen LogP contribution in [0.5, 0.6) is 0 Å². The number of rotatable bonds is 5. The summed E-state index contributed by atoms with van der Waals surface area (Å²) in [6.07, 6.45) is 4.16. The van der Waals surface area contributed by atoms with E-state index in [2.05, 4.69) is 78.1 Å². The Kier molecular flexibility index (Phi) is 4.94. The smallest absolute Gasteiger partial charge is 0.154 e. The minimum absolute atomic E-state index is 0.160. The van der Waals surface area contributed by atoms with Crippen LogP contribution in [0.1, 0.15) is 36.9 Å². The topological polar surface area (TPSA) is 45.5 Å². The molecule has 1 fully saturated rings. The molecule has 0 aliphatic carbocycles. The normalized spacial score (nSPS) is 14.9. The second-order valence-electron chi connectivity index (χ2n) is 8.23. The van der Waals surface area contributed by atoms with E-state index in [1.807, 2.05) is 28.9 Å². The summed E-state index contributed by atoms with van der Waals surface area (Å²) in [7, 11) is 0. The molecule has 156 valence electrons. The molecule has 0 bridgehead atoms. The number of aromatic nitrogens is 3. The predicted octanol–water partition coefficient (Wildman–Crippen LogP) is 5.99. The highest BCUT2D eigenvalue weighted by Crippen LogP contribution is 2.32. The SMILES string of the molecule is C=C1CCCN1c1ccc(-c2cnc3ccc(NC(C)c4ccccc4)nn23)c(C)c1. The van der Waals surface area contributed by atoms with Gasteiger partial charge in [0.05, 0.1) is 11.9 Å². The van der Waals surface area contributed by atoms with Crippen molar-refractivity contribution in [2.75, 3.05) is 16.8 Å². The minimum atomic E-state index is 0.160. The Labute approximate surface area is 183 Å². The fraction of sp³-hybridized carbons (Fsp3) is 0.231. The Morgan fingerprint density at radius 3 is 2.65 bits per heavy atom. The summed E-state index contributed by atoms with van der Waals surface area (Å²) in [4.78, 5) is 6.89. The standard InChI is InChI=1S/C26H27N5/c1-18-16-22(30-15-7-8-19(30)2)11-12-23(18)24-17-27-26-14-13-25(29-31(24)26)28-20(3)21-9-5-4-6-10-21/h4-6,9-14,16-17,20H,2,7-8,15H2,1,3H3,(H,28,29). The number of nitrogens with one attached hydrogen (secondary N) is 1. The molecule has 1 atom stereocenters.